The molecule has 0 saturated carbocycles. The topological polar surface area (TPSA) is 46.2 Å². The predicted molar refractivity (Wildman–Crippen MR) is 44.9 cm³/mol. The van der Waals surface area contributed by atoms with Crippen molar-refractivity contribution in [3.63, 3.8) is 0 Å². The van der Waals surface area contributed by atoms with Crippen LogP contribution < -0.4 is 5.73 Å². The van der Waals surface area contributed by atoms with E-state index in [1.165, 1.54) is 0 Å². The fourth-order valence-electron chi connectivity index (χ4n) is 0.856. The molecule has 2 nitrogen and oxygen atoms in total. The highest BCUT2D eigenvalue weighted by molar-refractivity contribution is 9.11. The van der Waals surface area contributed by atoms with Crippen LogP contribution >= 0.6 is 15.9 Å². The van der Waals surface area contributed by atoms with Crippen molar-refractivity contribution < 1.29 is 5.11 Å². The highest BCUT2D eigenvalue weighted by Crippen LogP contribution is 2.27. The maximum atomic E-state index is 9.36. The summed E-state index contributed by atoms with van der Waals surface area (Å²) < 4.78 is 0.684. The summed E-state index contributed by atoms with van der Waals surface area (Å²) in [6.07, 6.45) is 4.43. The highest BCUT2D eigenvalue weighted by atomic mass is 79.9. The number of rotatable bonds is 0. The van der Waals surface area contributed by atoms with Crippen molar-refractivity contribution in [2.75, 3.05) is 0 Å². The van der Waals surface area contributed by atoms with Crippen LogP contribution in [0, 0.1) is 0 Å². The van der Waals surface area contributed by atoms with Crippen molar-refractivity contribution >= 4 is 15.9 Å². The van der Waals surface area contributed by atoms with E-state index in [1.54, 1.807) is 6.92 Å². The Hall–Kier alpha value is -0.280. The Morgan fingerprint density at radius 1 is 1.80 bits per heavy atom. The largest absolute Gasteiger partial charge is 0.509 e. The number of nitrogens with two attached hydrogens (primary N) is 1. The van der Waals surface area contributed by atoms with Crippen LogP contribution in [-0.4, -0.2) is 10.6 Å². The van der Waals surface area contributed by atoms with Crippen molar-refractivity contribution in [1.82, 2.24) is 0 Å². The van der Waals surface area contributed by atoms with Gasteiger partial charge < -0.3 is 10.8 Å². The second-order valence-corrected chi connectivity index (χ2v) is 3.57. The first-order chi connectivity index (χ1) is 4.54. The zero-order valence-corrected chi connectivity index (χ0v) is 7.35. The third-order valence-corrected chi connectivity index (χ3v) is 2.21. The average Bonchev–Trinajstić information content (AvgIpc) is 1.83. The molecule has 1 atom stereocenters. The number of aliphatic hydroxyl groups is 1. The van der Waals surface area contributed by atoms with E-state index in [4.69, 9.17) is 5.73 Å². The summed E-state index contributed by atoms with van der Waals surface area (Å²) in [4.78, 5) is 0. The lowest BCUT2D eigenvalue weighted by atomic mass is 9.93. The minimum absolute atomic E-state index is 0.231. The molecular weight excluding hydrogens is 194 g/mol. The number of hydrogen-bond donors (Lipinski definition) is 2. The third-order valence-electron chi connectivity index (χ3n) is 1.57. The first kappa shape index (κ1) is 7.82. The molecule has 1 aliphatic rings. The number of allylic oxidation sites excluding steroid dienone is 2. The third kappa shape index (κ3) is 1.25. The lowest BCUT2D eigenvalue weighted by molar-refractivity contribution is 0.305. The van der Waals surface area contributed by atoms with Crippen LogP contribution in [0.3, 0.4) is 0 Å². The summed E-state index contributed by atoms with van der Waals surface area (Å²) in [5.41, 5.74) is 5.13. The van der Waals surface area contributed by atoms with Gasteiger partial charge in [-0.25, -0.2) is 0 Å². The summed E-state index contributed by atoms with van der Waals surface area (Å²) in [5.74, 6) is 0.231. The summed E-state index contributed by atoms with van der Waals surface area (Å²) in [6.45, 7) is 1.80. The van der Waals surface area contributed by atoms with Crippen LogP contribution in [0.25, 0.3) is 0 Å². The van der Waals surface area contributed by atoms with Gasteiger partial charge in [-0.1, -0.05) is 6.08 Å². The van der Waals surface area contributed by atoms with Gasteiger partial charge in [-0.05, 0) is 35.4 Å². The van der Waals surface area contributed by atoms with E-state index in [2.05, 4.69) is 15.9 Å². The second-order valence-electron chi connectivity index (χ2n) is 2.72. The van der Waals surface area contributed by atoms with Gasteiger partial charge in [0.25, 0.3) is 0 Å². The van der Waals surface area contributed by atoms with E-state index in [9.17, 15) is 5.11 Å². The van der Waals surface area contributed by atoms with E-state index >= 15 is 0 Å². The lowest BCUT2D eigenvalue weighted by Crippen LogP contribution is -2.39. The number of aliphatic hydroxyl groups excluding tert-OH is 1. The van der Waals surface area contributed by atoms with Crippen LogP contribution in [0.5, 0.6) is 0 Å². The maximum absolute atomic E-state index is 9.36. The van der Waals surface area contributed by atoms with Gasteiger partial charge >= 0.3 is 0 Å². The fraction of sp³-hybridized carbons (Fsp3) is 0.429. The highest BCUT2D eigenvalue weighted by Gasteiger charge is 2.26. The van der Waals surface area contributed by atoms with Crippen LogP contribution in [0.15, 0.2) is 22.4 Å². The van der Waals surface area contributed by atoms with Gasteiger partial charge in [0.2, 0.25) is 0 Å². The quantitative estimate of drug-likeness (QED) is 0.632. The predicted octanol–water partition coefficient (Wildman–Crippen LogP) is 1.83. The summed E-state index contributed by atoms with van der Waals surface area (Å²) >= 11 is 3.19. The molecule has 0 amide bonds. The molecule has 0 radical (unpaired) electrons. The SMILES string of the molecule is CC1(N)CC=CC(Br)=C1O. The smallest absolute Gasteiger partial charge is 0.126 e. The molecule has 0 bridgehead atoms. The molecule has 1 unspecified atom stereocenters. The molecule has 0 saturated heterocycles. The standard InChI is InChI=1S/C7H10BrNO/c1-7(9)4-2-3-5(8)6(7)10/h2-3,10H,4,9H2,1H3. The summed E-state index contributed by atoms with van der Waals surface area (Å²) in [5, 5.41) is 9.36. The second kappa shape index (κ2) is 2.40. The van der Waals surface area contributed by atoms with E-state index in [1.807, 2.05) is 12.2 Å². The average molecular weight is 204 g/mol. The van der Waals surface area contributed by atoms with Crippen molar-refractivity contribution in [1.29, 1.82) is 0 Å². The van der Waals surface area contributed by atoms with Crippen LogP contribution in [0.1, 0.15) is 13.3 Å². The first-order valence-corrected chi connectivity index (χ1v) is 3.88. The Balaban J connectivity index is 2.99. The normalized spacial score (nSPS) is 33.1. The molecule has 0 aliphatic heterocycles. The molecule has 0 aromatic rings. The maximum Gasteiger partial charge on any atom is 0.126 e. The van der Waals surface area contributed by atoms with Crippen molar-refractivity contribution in [3.05, 3.63) is 22.4 Å². The first-order valence-electron chi connectivity index (χ1n) is 3.09. The Morgan fingerprint density at radius 3 is 2.80 bits per heavy atom. The molecule has 0 spiro atoms. The van der Waals surface area contributed by atoms with Crippen molar-refractivity contribution in [3.8, 4) is 0 Å². The van der Waals surface area contributed by atoms with Gasteiger partial charge in [-0.15, -0.1) is 0 Å². The molecule has 1 aliphatic carbocycles. The van der Waals surface area contributed by atoms with Gasteiger partial charge in [0, 0.05) is 0 Å². The van der Waals surface area contributed by atoms with Gasteiger partial charge in [0.1, 0.15) is 5.76 Å². The molecule has 10 heavy (non-hydrogen) atoms. The molecule has 1 rings (SSSR count). The summed E-state index contributed by atoms with van der Waals surface area (Å²) in [7, 11) is 0. The van der Waals surface area contributed by atoms with E-state index < -0.39 is 5.54 Å². The summed E-state index contributed by atoms with van der Waals surface area (Å²) in [6, 6.07) is 0. The molecular formula is C7H10BrNO. The van der Waals surface area contributed by atoms with Crippen LogP contribution in [0.2, 0.25) is 0 Å². The fourth-order valence-corrected chi connectivity index (χ4v) is 1.50. The van der Waals surface area contributed by atoms with Gasteiger partial charge in [0.05, 0.1) is 10.0 Å². The minimum atomic E-state index is -0.590. The zero-order valence-electron chi connectivity index (χ0n) is 5.76. The zero-order chi connectivity index (χ0) is 7.78. The molecule has 0 heterocycles. The van der Waals surface area contributed by atoms with Gasteiger partial charge in [0.15, 0.2) is 0 Å². The number of hydrogen-bond acceptors (Lipinski definition) is 2. The van der Waals surface area contributed by atoms with Crippen LogP contribution in [-0.2, 0) is 0 Å². The van der Waals surface area contributed by atoms with Gasteiger partial charge in [-0.3, -0.25) is 0 Å². The Morgan fingerprint density at radius 2 is 2.40 bits per heavy atom. The Kier molecular flexibility index (Phi) is 1.88. The molecule has 0 aromatic carbocycles. The number of halogens is 1. The van der Waals surface area contributed by atoms with E-state index in [0.29, 0.717) is 10.9 Å². The lowest BCUT2D eigenvalue weighted by Gasteiger charge is -2.25. The van der Waals surface area contributed by atoms with E-state index in [0.717, 1.165) is 0 Å². The van der Waals surface area contributed by atoms with Crippen molar-refractivity contribution in [2.24, 2.45) is 5.73 Å². The Bertz CT molecular complexity index is 206. The molecule has 0 aromatic heterocycles. The Labute approximate surface area is 68.5 Å². The monoisotopic (exact) mass is 203 g/mol. The molecule has 0 fully saturated rings. The van der Waals surface area contributed by atoms with E-state index in [-0.39, 0.29) is 5.76 Å². The van der Waals surface area contributed by atoms with Gasteiger partial charge in [-0.2, -0.15) is 0 Å². The molecule has 3 heteroatoms. The minimum Gasteiger partial charge on any atom is -0.509 e. The molecule has 3 N–H and O–H groups in total. The molecule has 56 valence electrons. The van der Waals surface area contributed by atoms with Crippen molar-refractivity contribution in [2.45, 2.75) is 18.9 Å². The van der Waals surface area contributed by atoms with Crippen LogP contribution in [0.4, 0.5) is 0 Å².